The zero-order valence-electron chi connectivity index (χ0n) is 10.8. The minimum absolute atomic E-state index is 0.256. The maximum Gasteiger partial charge on any atom is 0.330 e. The van der Waals surface area contributed by atoms with Crippen LogP contribution in [-0.2, 0) is 9.53 Å². The molecule has 0 aliphatic heterocycles. The van der Waals surface area contributed by atoms with Crippen LogP contribution in [0.4, 0.5) is 0 Å². The number of allylic oxidation sites excluding steroid dienone is 1. The molecule has 1 saturated carbocycles. The fraction of sp³-hybridized carbons (Fsp3) is 0.400. The lowest BCUT2D eigenvalue weighted by Gasteiger charge is -2.02. The minimum Gasteiger partial charge on any atom is -0.497 e. The topological polar surface area (TPSA) is 35.5 Å². The Kier molecular flexibility index (Phi) is 4.03. The highest BCUT2D eigenvalue weighted by Gasteiger charge is 2.36. The van der Waals surface area contributed by atoms with Crippen LogP contribution in [0.15, 0.2) is 36.4 Å². The molecule has 0 heterocycles. The Morgan fingerprint density at radius 3 is 3.06 bits per heavy atom. The van der Waals surface area contributed by atoms with Gasteiger partial charge in [0, 0.05) is 6.08 Å². The average Bonchev–Trinajstić information content (AvgIpc) is 3.16. The molecule has 2 unspecified atom stereocenters. The summed E-state index contributed by atoms with van der Waals surface area (Å²) in [7, 11) is 1.67. The number of benzene rings is 1. The molecular formula is C15H18O3. The zero-order chi connectivity index (χ0) is 13.0. The SMILES string of the molecule is CCOC(=O)C=CC1CC1c1cccc(OC)c1. The van der Waals surface area contributed by atoms with E-state index in [2.05, 4.69) is 12.1 Å². The second-order valence-electron chi connectivity index (χ2n) is 4.39. The van der Waals surface area contributed by atoms with Crippen LogP contribution < -0.4 is 4.74 Å². The smallest absolute Gasteiger partial charge is 0.330 e. The van der Waals surface area contributed by atoms with E-state index in [9.17, 15) is 4.79 Å². The summed E-state index contributed by atoms with van der Waals surface area (Å²) < 4.78 is 10.1. The zero-order valence-corrected chi connectivity index (χ0v) is 10.8. The van der Waals surface area contributed by atoms with Crippen LogP contribution in [0.5, 0.6) is 5.75 Å². The average molecular weight is 246 g/mol. The molecule has 18 heavy (non-hydrogen) atoms. The fourth-order valence-electron chi connectivity index (χ4n) is 2.08. The van der Waals surface area contributed by atoms with Gasteiger partial charge in [-0.25, -0.2) is 4.79 Å². The van der Waals surface area contributed by atoms with E-state index < -0.39 is 0 Å². The molecular weight excluding hydrogens is 228 g/mol. The molecule has 1 fully saturated rings. The van der Waals surface area contributed by atoms with Crippen LogP contribution in [0.25, 0.3) is 0 Å². The maximum atomic E-state index is 11.2. The van der Waals surface area contributed by atoms with Gasteiger partial charge in [-0.1, -0.05) is 18.2 Å². The van der Waals surface area contributed by atoms with E-state index in [-0.39, 0.29) is 5.97 Å². The molecule has 1 aliphatic carbocycles. The Labute approximate surface area is 107 Å². The summed E-state index contributed by atoms with van der Waals surface area (Å²) in [5.74, 6) is 1.58. The third-order valence-electron chi connectivity index (χ3n) is 3.13. The van der Waals surface area contributed by atoms with Gasteiger partial charge >= 0.3 is 5.97 Å². The molecule has 3 heteroatoms. The van der Waals surface area contributed by atoms with Crippen molar-refractivity contribution in [1.29, 1.82) is 0 Å². The Hall–Kier alpha value is -1.77. The quantitative estimate of drug-likeness (QED) is 0.592. The third-order valence-corrected chi connectivity index (χ3v) is 3.13. The molecule has 96 valence electrons. The van der Waals surface area contributed by atoms with Crippen LogP contribution in [0.1, 0.15) is 24.8 Å². The van der Waals surface area contributed by atoms with E-state index in [1.807, 2.05) is 25.1 Å². The maximum absolute atomic E-state index is 11.2. The Morgan fingerprint density at radius 1 is 1.50 bits per heavy atom. The number of carbonyl (C=O) groups is 1. The van der Waals surface area contributed by atoms with Crippen LogP contribution in [0.2, 0.25) is 0 Å². The summed E-state index contributed by atoms with van der Waals surface area (Å²) in [4.78, 5) is 11.2. The first kappa shape index (κ1) is 12.7. The van der Waals surface area contributed by atoms with E-state index in [0.717, 1.165) is 12.2 Å². The van der Waals surface area contributed by atoms with Crippen LogP contribution in [-0.4, -0.2) is 19.7 Å². The number of esters is 1. The van der Waals surface area contributed by atoms with Gasteiger partial charge in [-0.3, -0.25) is 0 Å². The highest BCUT2D eigenvalue weighted by molar-refractivity contribution is 5.82. The molecule has 2 atom stereocenters. The van der Waals surface area contributed by atoms with E-state index >= 15 is 0 Å². The van der Waals surface area contributed by atoms with Crippen molar-refractivity contribution in [1.82, 2.24) is 0 Å². The summed E-state index contributed by atoms with van der Waals surface area (Å²) in [6, 6.07) is 8.10. The van der Waals surface area contributed by atoms with Crippen LogP contribution in [0.3, 0.4) is 0 Å². The molecule has 0 amide bonds. The predicted molar refractivity (Wildman–Crippen MR) is 69.6 cm³/mol. The molecule has 0 radical (unpaired) electrons. The second-order valence-corrected chi connectivity index (χ2v) is 4.39. The van der Waals surface area contributed by atoms with Crippen molar-refractivity contribution in [2.45, 2.75) is 19.3 Å². The van der Waals surface area contributed by atoms with Crippen molar-refractivity contribution in [3.05, 3.63) is 42.0 Å². The van der Waals surface area contributed by atoms with Crippen molar-refractivity contribution >= 4 is 5.97 Å². The van der Waals surface area contributed by atoms with Crippen LogP contribution in [0, 0.1) is 5.92 Å². The largest absolute Gasteiger partial charge is 0.497 e. The summed E-state index contributed by atoms with van der Waals surface area (Å²) >= 11 is 0. The van der Waals surface area contributed by atoms with Crippen molar-refractivity contribution in [3.63, 3.8) is 0 Å². The van der Waals surface area contributed by atoms with Gasteiger partial charge in [0.1, 0.15) is 5.75 Å². The van der Waals surface area contributed by atoms with Gasteiger partial charge in [0.25, 0.3) is 0 Å². The van der Waals surface area contributed by atoms with Crippen molar-refractivity contribution in [2.24, 2.45) is 5.92 Å². The molecule has 2 rings (SSSR count). The van der Waals surface area contributed by atoms with Crippen molar-refractivity contribution in [2.75, 3.05) is 13.7 Å². The molecule has 0 N–H and O–H groups in total. The highest BCUT2D eigenvalue weighted by Crippen LogP contribution is 2.48. The number of carbonyl (C=O) groups excluding carboxylic acids is 1. The van der Waals surface area contributed by atoms with E-state index in [0.29, 0.717) is 18.4 Å². The first-order chi connectivity index (χ1) is 8.74. The number of ether oxygens (including phenoxy) is 2. The van der Waals surface area contributed by atoms with Gasteiger partial charge in [-0.05, 0) is 42.9 Å². The number of hydrogen-bond donors (Lipinski definition) is 0. The summed E-state index contributed by atoms with van der Waals surface area (Å²) in [6.07, 6.45) is 4.57. The lowest BCUT2D eigenvalue weighted by Crippen LogP contribution is -1.98. The Balaban J connectivity index is 1.92. The van der Waals surface area contributed by atoms with E-state index in [1.165, 1.54) is 11.6 Å². The molecule has 0 spiro atoms. The van der Waals surface area contributed by atoms with E-state index in [1.54, 1.807) is 7.11 Å². The van der Waals surface area contributed by atoms with E-state index in [4.69, 9.17) is 9.47 Å². The van der Waals surface area contributed by atoms with Gasteiger partial charge in [0.05, 0.1) is 13.7 Å². The lowest BCUT2D eigenvalue weighted by atomic mass is 10.1. The Morgan fingerprint density at radius 2 is 2.33 bits per heavy atom. The third kappa shape index (κ3) is 3.13. The number of rotatable bonds is 5. The molecule has 1 aromatic carbocycles. The van der Waals surface area contributed by atoms with Gasteiger partial charge in [-0.15, -0.1) is 0 Å². The van der Waals surface area contributed by atoms with Gasteiger partial charge < -0.3 is 9.47 Å². The summed E-state index contributed by atoms with van der Waals surface area (Å²) in [6.45, 7) is 2.23. The van der Waals surface area contributed by atoms with Crippen molar-refractivity contribution < 1.29 is 14.3 Å². The highest BCUT2D eigenvalue weighted by atomic mass is 16.5. The molecule has 3 nitrogen and oxygen atoms in total. The lowest BCUT2D eigenvalue weighted by molar-refractivity contribution is -0.137. The standard InChI is InChI=1S/C15H18O3/c1-3-18-15(16)8-7-12-10-14(12)11-5-4-6-13(9-11)17-2/h4-9,12,14H,3,10H2,1-2H3. The van der Waals surface area contributed by atoms with Gasteiger partial charge in [-0.2, -0.15) is 0 Å². The fourth-order valence-corrected chi connectivity index (χ4v) is 2.08. The molecule has 1 aliphatic rings. The van der Waals surface area contributed by atoms with Gasteiger partial charge in [0.15, 0.2) is 0 Å². The molecule has 0 saturated heterocycles. The van der Waals surface area contributed by atoms with Gasteiger partial charge in [0.2, 0.25) is 0 Å². The minimum atomic E-state index is -0.256. The number of methoxy groups -OCH3 is 1. The second kappa shape index (κ2) is 5.71. The predicted octanol–water partition coefficient (Wildman–Crippen LogP) is 2.92. The summed E-state index contributed by atoms with van der Waals surface area (Å²) in [5.41, 5.74) is 1.27. The number of hydrogen-bond acceptors (Lipinski definition) is 3. The first-order valence-electron chi connectivity index (χ1n) is 6.23. The summed E-state index contributed by atoms with van der Waals surface area (Å²) in [5, 5.41) is 0. The van der Waals surface area contributed by atoms with Crippen LogP contribution >= 0.6 is 0 Å². The first-order valence-corrected chi connectivity index (χ1v) is 6.23. The Bertz CT molecular complexity index is 451. The molecule has 0 bridgehead atoms. The molecule has 0 aromatic heterocycles. The van der Waals surface area contributed by atoms with Crippen molar-refractivity contribution in [3.8, 4) is 5.75 Å². The normalized spacial score (nSPS) is 21.9. The monoisotopic (exact) mass is 246 g/mol. The molecule has 1 aromatic rings.